The number of carboxylic acid groups (broad SMARTS) is 1. The Bertz CT molecular complexity index is 429. The Balaban J connectivity index is 2.08. The average molecular weight is 299 g/mol. The molecule has 17 heavy (non-hydrogen) atoms. The number of anilines is 1. The molecule has 1 aromatic carbocycles. The van der Waals surface area contributed by atoms with E-state index < -0.39 is 6.09 Å². The zero-order valence-electron chi connectivity index (χ0n) is 9.69. The summed E-state index contributed by atoms with van der Waals surface area (Å²) in [5.74, 6) is 0. The van der Waals surface area contributed by atoms with Crippen molar-refractivity contribution in [2.75, 3.05) is 31.1 Å². The van der Waals surface area contributed by atoms with E-state index >= 15 is 0 Å². The van der Waals surface area contributed by atoms with Gasteiger partial charge in [0.1, 0.15) is 0 Å². The highest BCUT2D eigenvalue weighted by Gasteiger charge is 2.21. The zero-order valence-corrected chi connectivity index (χ0v) is 11.3. The summed E-state index contributed by atoms with van der Waals surface area (Å²) in [7, 11) is 0. The van der Waals surface area contributed by atoms with Crippen LogP contribution in [0.5, 0.6) is 0 Å². The van der Waals surface area contributed by atoms with Gasteiger partial charge in [0, 0.05) is 36.3 Å². The Kier molecular flexibility index (Phi) is 3.57. The number of benzene rings is 1. The molecule has 1 fully saturated rings. The van der Waals surface area contributed by atoms with Crippen LogP contribution in [-0.2, 0) is 0 Å². The summed E-state index contributed by atoms with van der Waals surface area (Å²) in [5, 5.41) is 8.89. The maximum atomic E-state index is 10.8. The first kappa shape index (κ1) is 12.2. The van der Waals surface area contributed by atoms with Gasteiger partial charge in [-0.1, -0.05) is 15.9 Å². The van der Waals surface area contributed by atoms with Crippen molar-refractivity contribution in [2.45, 2.75) is 6.92 Å². The predicted molar refractivity (Wildman–Crippen MR) is 70.7 cm³/mol. The molecule has 1 amide bonds. The Hall–Kier alpha value is -1.23. The number of amides is 1. The van der Waals surface area contributed by atoms with E-state index in [9.17, 15) is 4.79 Å². The molecule has 0 spiro atoms. The van der Waals surface area contributed by atoms with Gasteiger partial charge in [-0.05, 0) is 30.7 Å². The van der Waals surface area contributed by atoms with Gasteiger partial charge in [0.25, 0.3) is 0 Å². The van der Waals surface area contributed by atoms with Crippen LogP contribution < -0.4 is 4.90 Å². The average Bonchev–Trinajstić information content (AvgIpc) is 2.29. The number of hydrogen-bond donors (Lipinski definition) is 1. The number of carbonyl (C=O) groups is 1. The number of aryl methyl sites for hydroxylation is 1. The van der Waals surface area contributed by atoms with Crippen LogP contribution in [0.2, 0.25) is 0 Å². The van der Waals surface area contributed by atoms with Crippen molar-refractivity contribution in [1.82, 2.24) is 4.90 Å². The van der Waals surface area contributed by atoms with Crippen LogP contribution in [0, 0.1) is 6.92 Å². The predicted octanol–water partition coefficient (Wildman–Crippen LogP) is 2.56. The fourth-order valence-corrected chi connectivity index (χ4v) is 2.59. The van der Waals surface area contributed by atoms with Crippen LogP contribution in [-0.4, -0.2) is 42.3 Å². The second-order valence-corrected chi connectivity index (χ2v) is 5.10. The van der Waals surface area contributed by atoms with Crippen LogP contribution in [0.25, 0.3) is 0 Å². The Labute approximate surface area is 109 Å². The molecule has 92 valence electrons. The SMILES string of the molecule is Cc1cc(Br)ccc1N1CCN(C(=O)O)CC1. The minimum absolute atomic E-state index is 0.574. The smallest absolute Gasteiger partial charge is 0.407 e. The van der Waals surface area contributed by atoms with Crippen molar-refractivity contribution in [3.63, 3.8) is 0 Å². The second kappa shape index (κ2) is 4.96. The lowest BCUT2D eigenvalue weighted by atomic mass is 10.1. The largest absolute Gasteiger partial charge is 0.465 e. The highest BCUT2D eigenvalue weighted by Crippen LogP contribution is 2.24. The fourth-order valence-electron chi connectivity index (χ4n) is 2.11. The van der Waals surface area contributed by atoms with E-state index in [1.165, 1.54) is 16.2 Å². The Morgan fingerprint density at radius 1 is 1.29 bits per heavy atom. The summed E-state index contributed by atoms with van der Waals surface area (Å²) in [5.41, 5.74) is 2.40. The molecule has 0 atom stereocenters. The number of nitrogens with zero attached hydrogens (tertiary/aromatic N) is 2. The van der Waals surface area contributed by atoms with E-state index in [1.807, 2.05) is 6.07 Å². The van der Waals surface area contributed by atoms with Gasteiger partial charge in [-0.15, -0.1) is 0 Å². The van der Waals surface area contributed by atoms with Crippen molar-refractivity contribution in [3.05, 3.63) is 28.2 Å². The van der Waals surface area contributed by atoms with Gasteiger partial charge in [-0.25, -0.2) is 4.79 Å². The van der Waals surface area contributed by atoms with Gasteiger partial charge in [0.2, 0.25) is 0 Å². The molecule has 0 radical (unpaired) electrons. The summed E-state index contributed by atoms with van der Waals surface area (Å²) in [6.45, 7) is 4.74. The lowest BCUT2D eigenvalue weighted by Gasteiger charge is -2.35. The van der Waals surface area contributed by atoms with Crippen LogP contribution >= 0.6 is 15.9 Å². The number of hydrogen-bond acceptors (Lipinski definition) is 2. The van der Waals surface area contributed by atoms with E-state index in [4.69, 9.17) is 5.11 Å². The molecule has 1 saturated heterocycles. The molecule has 0 aromatic heterocycles. The van der Waals surface area contributed by atoms with Gasteiger partial charge in [0.15, 0.2) is 0 Å². The Morgan fingerprint density at radius 2 is 1.94 bits per heavy atom. The summed E-state index contributed by atoms with van der Waals surface area (Å²) in [4.78, 5) is 14.5. The summed E-state index contributed by atoms with van der Waals surface area (Å²) in [6, 6.07) is 6.18. The normalized spacial score (nSPS) is 16.1. The van der Waals surface area contributed by atoms with Crippen molar-refractivity contribution in [3.8, 4) is 0 Å². The molecule has 0 bridgehead atoms. The fraction of sp³-hybridized carbons (Fsp3) is 0.417. The number of rotatable bonds is 1. The molecular weight excluding hydrogens is 284 g/mol. The molecule has 2 rings (SSSR count). The third-order valence-electron chi connectivity index (χ3n) is 3.05. The van der Waals surface area contributed by atoms with E-state index in [0.29, 0.717) is 13.1 Å². The Morgan fingerprint density at radius 3 is 2.47 bits per heavy atom. The van der Waals surface area contributed by atoms with Crippen molar-refractivity contribution >= 4 is 27.7 Å². The van der Waals surface area contributed by atoms with Crippen LogP contribution in [0.1, 0.15) is 5.56 Å². The van der Waals surface area contributed by atoms with Crippen LogP contribution in [0.3, 0.4) is 0 Å². The minimum Gasteiger partial charge on any atom is -0.465 e. The highest BCUT2D eigenvalue weighted by atomic mass is 79.9. The molecule has 5 heteroatoms. The van der Waals surface area contributed by atoms with Gasteiger partial charge in [-0.3, -0.25) is 0 Å². The molecule has 1 aliphatic rings. The summed E-state index contributed by atoms with van der Waals surface area (Å²) in [6.07, 6.45) is -0.822. The quantitative estimate of drug-likeness (QED) is 0.866. The first-order valence-corrected chi connectivity index (χ1v) is 6.36. The van der Waals surface area contributed by atoms with E-state index in [1.54, 1.807) is 0 Å². The highest BCUT2D eigenvalue weighted by molar-refractivity contribution is 9.10. The third-order valence-corrected chi connectivity index (χ3v) is 3.54. The maximum absolute atomic E-state index is 10.8. The molecule has 1 N–H and O–H groups in total. The molecule has 1 heterocycles. The molecular formula is C12H15BrN2O2. The zero-order chi connectivity index (χ0) is 12.4. The lowest BCUT2D eigenvalue weighted by molar-refractivity contribution is 0.142. The third kappa shape index (κ3) is 2.72. The van der Waals surface area contributed by atoms with E-state index in [2.05, 4.69) is 39.9 Å². The van der Waals surface area contributed by atoms with Gasteiger partial charge in [-0.2, -0.15) is 0 Å². The number of halogens is 1. The molecule has 4 nitrogen and oxygen atoms in total. The van der Waals surface area contributed by atoms with E-state index in [-0.39, 0.29) is 0 Å². The first-order chi connectivity index (χ1) is 8.08. The molecule has 1 aliphatic heterocycles. The van der Waals surface area contributed by atoms with Crippen molar-refractivity contribution in [1.29, 1.82) is 0 Å². The summed E-state index contributed by atoms with van der Waals surface area (Å²) >= 11 is 3.44. The molecule has 0 aliphatic carbocycles. The van der Waals surface area contributed by atoms with Gasteiger partial charge in [0.05, 0.1) is 0 Å². The van der Waals surface area contributed by atoms with Crippen molar-refractivity contribution in [2.24, 2.45) is 0 Å². The lowest BCUT2D eigenvalue weighted by Crippen LogP contribution is -2.48. The van der Waals surface area contributed by atoms with Crippen molar-refractivity contribution < 1.29 is 9.90 Å². The molecule has 0 saturated carbocycles. The van der Waals surface area contributed by atoms with E-state index in [0.717, 1.165) is 17.6 Å². The van der Waals surface area contributed by atoms with Crippen LogP contribution in [0.15, 0.2) is 22.7 Å². The maximum Gasteiger partial charge on any atom is 0.407 e. The first-order valence-electron chi connectivity index (χ1n) is 5.57. The monoisotopic (exact) mass is 298 g/mol. The van der Waals surface area contributed by atoms with Crippen LogP contribution in [0.4, 0.5) is 10.5 Å². The molecule has 0 unspecified atom stereocenters. The van der Waals surface area contributed by atoms with Gasteiger partial charge < -0.3 is 14.9 Å². The topological polar surface area (TPSA) is 43.8 Å². The second-order valence-electron chi connectivity index (χ2n) is 4.19. The van der Waals surface area contributed by atoms with Gasteiger partial charge >= 0.3 is 6.09 Å². The molecule has 1 aromatic rings. The minimum atomic E-state index is -0.822. The standard InChI is InChI=1S/C12H15BrN2O2/c1-9-8-10(13)2-3-11(9)14-4-6-15(7-5-14)12(16)17/h2-3,8H,4-7H2,1H3,(H,16,17). The number of piperazine rings is 1. The summed E-state index contributed by atoms with van der Waals surface area (Å²) < 4.78 is 1.07.